The van der Waals surface area contributed by atoms with E-state index >= 15 is 0 Å². The molecule has 1 atom stereocenters. The second kappa shape index (κ2) is 11.1. The van der Waals surface area contributed by atoms with Gasteiger partial charge in [0.25, 0.3) is 0 Å². The maximum absolute atomic E-state index is 13.3. The number of rotatable bonds is 11. The van der Waals surface area contributed by atoms with Crippen molar-refractivity contribution in [1.29, 1.82) is 0 Å². The SMILES string of the molecule is COc1cc(CCN(C)CCCCNC(=O)C2Cc3ccc(F)cc3C2)cc(OC)c1. The van der Waals surface area contributed by atoms with E-state index in [1.165, 1.54) is 11.6 Å². The highest BCUT2D eigenvalue weighted by molar-refractivity contribution is 5.80. The number of hydrogen-bond donors (Lipinski definition) is 1. The van der Waals surface area contributed by atoms with E-state index in [4.69, 9.17) is 9.47 Å². The zero-order valence-electron chi connectivity index (χ0n) is 18.7. The zero-order valence-corrected chi connectivity index (χ0v) is 18.7. The number of methoxy groups -OCH3 is 2. The third kappa shape index (κ3) is 6.69. The molecule has 0 bridgehead atoms. The lowest BCUT2D eigenvalue weighted by molar-refractivity contribution is -0.124. The van der Waals surface area contributed by atoms with E-state index < -0.39 is 0 Å². The number of amides is 1. The molecule has 0 saturated heterocycles. The Kier molecular flexibility index (Phi) is 8.29. The number of halogens is 1. The Bertz CT molecular complexity index is 865. The normalized spacial score (nSPS) is 15.1. The van der Waals surface area contributed by atoms with E-state index in [9.17, 15) is 9.18 Å². The molecule has 31 heavy (non-hydrogen) atoms. The predicted molar refractivity (Wildman–Crippen MR) is 120 cm³/mol. The van der Waals surface area contributed by atoms with Gasteiger partial charge in [0, 0.05) is 25.1 Å². The fourth-order valence-electron chi connectivity index (χ4n) is 4.08. The number of benzene rings is 2. The molecule has 2 aromatic rings. The molecule has 5 nitrogen and oxygen atoms in total. The first kappa shape index (κ1) is 23.1. The molecule has 0 spiro atoms. The summed E-state index contributed by atoms with van der Waals surface area (Å²) in [7, 11) is 5.44. The molecule has 3 rings (SSSR count). The number of hydrogen-bond acceptors (Lipinski definition) is 4. The summed E-state index contributed by atoms with van der Waals surface area (Å²) < 4.78 is 24.0. The first-order chi connectivity index (χ1) is 15.0. The molecule has 1 aliphatic rings. The molecule has 168 valence electrons. The molecular formula is C25H33FN2O3. The van der Waals surface area contributed by atoms with E-state index in [0.29, 0.717) is 19.4 Å². The number of likely N-dealkylation sites (N-methyl/N-ethyl adjacent to an activating group) is 1. The van der Waals surface area contributed by atoms with Gasteiger partial charge in [-0.2, -0.15) is 0 Å². The maximum atomic E-state index is 13.3. The van der Waals surface area contributed by atoms with Crippen LogP contribution >= 0.6 is 0 Å². The fourth-order valence-corrected chi connectivity index (χ4v) is 4.08. The minimum Gasteiger partial charge on any atom is -0.497 e. The van der Waals surface area contributed by atoms with Crippen molar-refractivity contribution < 1.29 is 18.7 Å². The summed E-state index contributed by atoms with van der Waals surface area (Å²) in [4.78, 5) is 14.7. The molecule has 0 aromatic heterocycles. The number of carbonyl (C=O) groups excluding carboxylic acids is 1. The average molecular weight is 429 g/mol. The Morgan fingerprint density at radius 1 is 1.03 bits per heavy atom. The number of nitrogens with zero attached hydrogens (tertiary/aromatic N) is 1. The summed E-state index contributed by atoms with van der Waals surface area (Å²) in [5, 5.41) is 3.05. The highest BCUT2D eigenvalue weighted by atomic mass is 19.1. The average Bonchev–Trinajstić information content (AvgIpc) is 3.20. The highest BCUT2D eigenvalue weighted by Gasteiger charge is 2.27. The Morgan fingerprint density at radius 3 is 2.45 bits per heavy atom. The summed E-state index contributed by atoms with van der Waals surface area (Å²) in [5.74, 6) is 1.40. The lowest BCUT2D eigenvalue weighted by Crippen LogP contribution is -2.32. The van der Waals surface area contributed by atoms with Gasteiger partial charge < -0.3 is 19.7 Å². The first-order valence-electron chi connectivity index (χ1n) is 10.9. The van der Waals surface area contributed by atoms with E-state index in [1.54, 1.807) is 26.4 Å². The van der Waals surface area contributed by atoms with E-state index in [0.717, 1.165) is 55.0 Å². The number of fused-ring (bicyclic) bond motifs is 1. The lowest BCUT2D eigenvalue weighted by atomic mass is 10.1. The van der Waals surface area contributed by atoms with Crippen molar-refractivity contribution in [1.82, 2.24) is 10.2 Å². The van der Waals surface area contributed by atoms with Crippen LogP contribution in [0.4, 0.5) is 4.39 Å². The third-order valence-electron chi connectivity index (χ3n) is 5.93. The van der Waals surface area contributed by atoms with Crippen LogP contribution in [0.2, 0.25) is 0 Å². The van der Waals surface area contributed by atoms with Crippen molar-refractivity contribution >= 4 is 5.91 Å². The smallest absolute Gasteiger partial charge is 0.223 e. The van der Waals surface area contributed by atoms with E-state index in [1.807, 2.05) is 18.2 Å². The Hall–Kier alpha value is -2.60. The second-order valence-electron chi connectivity index (χ2n) is 8.29. The number of carbonyl (C=O) groups is 1. The van der Waals surface area contributed by atoms with Crippen LogP contribution in [0.25, 0.3) is 0 Å². The Labute approximate surface area is 184 Å². The molecule has 1 N–H and O–H groups in total. The molecule has 6 heteroatoms. The van der Waals surface area contributed by atoms with Crippen LogP contribution in [0.5, 0.6) is 11.5 Å². The molecule has 2 aromatic carbocycles. The van der Waals surface area contributed by atoms with Gasteiger partial charge in [0.1, 0.15) is 17.3 Å². The molecule has 1 unspecified atom stereocenters. The first-order valence-corrected chi connectivity index (χ1v) is 10.9. The van der Waals surface area contributed by atoms with Crippen molar-refractivity contribution in [2.75, 3.05) is 40.9 Å². The highest BCUT2D eigenvalue weighted by Crippen LogP contribution is 2.27. The van der Waals surface area contributed by atoms with Gasteiger partial charge >= 0.3 is 0 Å². The summed E-state index contributed by atoms with van der Waals surface area (Å²) in [6.45, 7) is 2.60. The lowest BCUT2D eigenvalue weighted by Gasteiger charge is -2.17. The number of nitrogens with one attached hydrogen (secondary N) is 1. The van der Waals surface area contributed by atoms with Gasteiger partial charge in [-0.1, -0.05) is 6.07 Å². The largest absolute Gasteiger partial charge is 0.497 e. The quantitative estimate of drug-likeness (QED) is 0.556. The molecule has 1 amide bonds. The van der Waals surface area contributed by atoms with Crippen LogP contribution in [-0.2, 0) is 24.1 Å². The Balaban J connectivity index is 1.31. The zero-order chi connectivity index (χ0) is 22.2. The molecule has 1 aliphatic carbocycles. The van der Waals surface area contributed by atoms with Gasteiger partial charge in [0.2, 0.25) is 5.91 Å². The number of unbranched alkanes of at least 4 members (excludes halogenated alkanes) is 1. The standard InChI is InChI=1S/C25H33FN2O3/c1-28(11-8-18-12-23(30-2)17-24(13-18)31-3)10-5-4-9-27-25(29)21-14-19-6-7-22(26)16-20(19)15-21/h6-7,12-13,16-17,21H,4-5,8-11,14-15H2,1-3H3,(H,27,29). The van der Waals surface area contributed by atoms with Crippen LogP contribution in [0.1, 0.15) is 29.5 Å². The third-order valence-corrected chi connectivity index (χ3v) is 5.93. The van der Waals surface area contributed by atoms with Gasteiger partial charge in [-0.3, -0.25) is 4.79 Å². The predicted octanol–water partition coefficient (Wildman–Crippen LogP) is 3.63. The van der Waals surface area contributed by atoms with Crippen molar-refractivity contribution in [2.24, 2.45) is 5.92 Å². The summed E-state index contributed by atoms with van der Waals surface area (Å²) >= 11 is 0. The molecule has 0 saturated carbocycles. The van der Waals surface area contributed by atoms with Crippen LogP contribution in [-0.4, -0.2) is 51.7 Å². The van der Waals surface area contributed by atoms with Crippen LogP contribution in [0, 0.1) is 11.7 Å². The summed E-state index contributed by atoms with van der Waals surface area (Å²) in [6.07, 6.45) is 4.23. The molecule has 0 fully saturated rings. The van der Waals surface area contributed by atoms with E-state index in [-0.39, 0.29) is 17.6 Å². The maximum Gasteiger partial charge on any atom is 0.223 e. The van der Waals surface area contributed by atoms with Crippen molar-refractivity contribution in [2.45, 2.75) is 32.1 Å². The minimum atomic E-state index is -0.227. The molecular weight excluding hydrogens is 395 g/mol. The molecule has 0 aliphatic heterocycles. The minimum absolute atomic E-state index is 0.0701. The molecule has 0 heterocycles. The summed E-state index contributed by atoms with van der Waals surface area (Å²) in [6, 6.07) is 10.8. The fraction of sp³-hybridized carbons (Fsp3) is 0.480. The monoisotopic (exact) mass is 428 g/mol. The van der Waals surface area contributed by atoms with Crippen LogP contribution in [0.3, 0.4) is 0 Å². The van der Waals surface area contributed by atoms with Crippen LogP contribution < -0.4 is 14.8 Å². The topological polar surface area (TPSA) is 50.8 Å². The second-order valence-corrected chi connectivity index (χ2v) is 8.29. The summed E-state index contributed by atoms with van der Waals surface area (Å²) in [5.41, 5.74) is 3.25. The van der Waals surface area contributed by atoms with Crippen molar-refractivity contribution in [3.8, 4) is 11.5 Å². The van der Waals surface area contributed by atoms with Gasteiger partial charge in [-0.05, 0) is 86.7 Å². The number of ether oxygens (including phenoxy) is 2. The van der Waals surface area contributed by atoms with Crippen molar-refractivity contribution in [3.63, 3.8) is 0 Å². The molecule has 0 radical (unpaired) electrons. The van der Waals surface area contributed by atoms with Gasteiger partial charge in [-0.15, -0.1) is 0 Å². The van der Waals surface area contributed by atoms with Gasteiger partial charge in [-0.25, -0.2) is 4.39 Å². The van der Waals surface area contributed by atoms with Crippen molar-refractivity contribution in [3.05, 3.63) is 58.9 Å². The van der Waals surface area contributed by atoms with Gasteiger partial charge in [0.05, 0.1) is 14.2 Å². The van der Waals surface area contributed by atoms with Gasteiger partial charge in [0.15, 0.2) is 0 Å². The van der Waals surface area contributed by atoms with E-state index in [2.05, 4.69) is 17.3 Å². The Morgan fingerprint density at radius 2 is 1.74 bits per heavy atom. The van der Waals surface area contributed by atoms with Crippen LogP contribution in [0.15, 0.2) is 36.4 Å².